The molecule has 1 fully saturated rings. The minimum atomic E-state index is -0.201. The maximum Gasteiger partial charge on any atom is 0.255 e. The number of amides is 1. The molecule has 3 rings (SSSR count). The number of fused-ring (bicyclic) bond motifs is 1. The third-order valence-electron chi connectivity index (χ3n) is 4.20. The second-order valence-corrected chi connectivity index (χ2v) is 6.27. The molecule has 2 aromatic rings. The van der Waals surface area contributed by atoms with Crippen molar-refractivity contribution in [2.24, 2.45) is 5.92 Å². The number of hydrogen-bond donors (Lipinski definition) is 1. The van der Waals surface area contributed by atoms with E-state index in [0.717, 1.165) is 5.69 Å². The van der Waals surface area contributed by atoms with Crippen molar-refractivity contribution >= 4 is 11.6 Å². The van der Waals surface area contributed by atoms with Crippen molar-refractivity contribution in [3.63, 3.8) is 0 Å². The number of aromatic nitrogens is 2. The molecule has 1 amide bonds. The maximum atomic E-state index is 12.5. The first-order chi connectivity index (χ1) is 9.92. The topological polar surface area (TPSA) is 70.2 Å². The Morgan fingerprint density at radius 2 is 2.24 bits per heavy atom. The highest BCUT2D eigenvalue weighted by molar-refractivity contribution is 6.00. The molecule has 21 heavy (non-hydrogen) atoms. The summed E-state index contributed by atoms with van der Waals surface area (Å²) >= 11 is 0. The molecule has 0 saturated heterocycles. The molecule has 1 N–H and O–H groups in total. The van der Waals surface area contributed by atoms with Crippen molar-refractivity contribution in [2.75, 3.05) is 0 Å². The molecule has 1 aliphatic carbocycles. The van der Waals surface area contributed by atoms with E-state index in [0.29, 0.717) is 22.8 Å². The highest BCUT2D eigenvalue weighted by Gasteiger charge is 2.39. The van der Waals surface area contributed by atoms with Crippen LogP contribution in [-0.4, -0.2) is 20.8 Å². The molecule has 0 aromatic carbocycles. The van der Waals surface area contributed by atoms with Gasteiger partial charge in [0.05, 0.1) is 5.56 Å². The van der Waals surface area contributed by atoms with Gasteiger partial charge in [0.2, 0.25) is 0 Å². The van der Waals surface area contributed by atoms with E-state index in [1.54, 1.807) is 12.1 Å². The quantitative estimate of drug-likeness (QED) is 0.940. The number of carbonyl (C=O) groups excluding carboxylic acids is 1. The van der Waals surface area contributed by atoms with Gasteiger partial charge in [-0.2, -0.15) is 5.26 Å². The lowest BCUT2D eigenvalue weighted by Gasteiger charge is -2.25. The van der Waals surface area contributed by atoms with Gasteiger partial charge in [0.15, 0.2) is 5.65 Å². The van der Waals surface area contributed by atoms with Gasteiger partial charge in [0.25, 0.3) is 5.91 Å². The number of carbonyl (C=O) groups is 1. The van der Waals surface area contributed by atoms with Crippen LogP contribution in [0.4, 0.5) is 0 Å². The number of aryl methyl sites for hydroxylation is 1. The lowest BCUT2D eigenvalue weighted by molar-refractivity contribution is 0.0905. The van der Waals surface area contributed by atoms with E-state index in [1.165, 1.54) is 12.8 Å². The van der Waals surface area contributed by atoms with E-state index >= 15 is 0 Å². The molecule has 0 spiro atoms. The number of hydrogen-bond acceptors (Lipinski definition) is 3. The first-order valence-electron chi connectivity index (χ1n) is 7.13. The zero-order valence-corrected chi connectivity index (χ0v) is 12.5. The molecule has 2 aromatic heterocycles. The van der Waals surface area contributed by atoms with Crippen LogP contribution in [0.15, 0.2) is 18.3 Å². The van der Waals surface area contributed by atoms with Crippen LogP contribution < -0.4 is 5.32 Å². The zero-order valence-electron chi connectivity index (χ0n) is 12.5. The van der Waals surface area contributed by atoms with Crippen molar-refractivity contribution in [1.29, 1.82) is 5.26 Å². The van der Waals surface area contributed by atoms with Crippen LogP contribution in [0.2, 0.25) is 0 Å². The van der Waals surface area contributed by atoms with Crippen LogP contribution in [-0.2, 0) is 0 Å². The van der Waals surface area contributed by atoms with Crippen molar-refractivity contribution in [1.82, 2.24) is 14.7 Å². The molecule has 0 aliphatic heterocycles. The van der Waals surface area contributed by atoms with E-state index in [1.807, 2.05) is 23.6 Å². The lowest BCUT2D eigenvalue weighted by Crippen LogP contribution is -2.45. The fourth-order valence-electron chi connectivity index (χ4n) is 2.74. The van der Waals surface area contributed by atoms with Gasteiger partial charge in [0, 0.05) is 17.4 Å². The van der Waals surface area contributed by atoms with Crippen LogP contribution in [0.3, 0.4) is 0 Å². The minimum absolute atomic E-state index is 0.128. The highest BCUT2D eigenvalue weighted by Crippen LogP contribution is 2.39. The molecule has 1 saturated carbocycles. The Morgan fingerprint density at radius 3 is 2.86 bits per heavy atom. The normalized spacial score (nSPS) is 15.0. The second-order valence-electron chi connectivity index (χ2n) is 6.27. The summed E-state index contributed by atoms with van der Waals surface area (Å²) in [5.41, 5.74) is 2.07. The Labute approximate surface area is 123 Å². The summed E-state index contributed by atoms with van der Waals surface area (Å²) in [6.45, 7) is 6.01. The molecule has 2 heterocycles. The van der Waals surface area contributed by atoms with E-state index in [4.69, 9.17) is 5.26 Å². The fourth-order valence-corrected chi connectivity index (χ4v) is 2.74. The lowest BCUT2D eigenvalue weighted by atomic mass is 9.98. The fraction of sp³-hybridized carbons (Fsp3) is 0.438. The number of nitriles is 1. The molecule has 0 bridgehead atoms. The van der Waals surface area contributed by atoms with Gasteiger partial charge in [-0.05, 0) is 51.7 Å². The van der Waals surface area contributed by atoms with Gasteiger partial charge in [-0.3, -0.25) is 4.79 Å². The monoisotopic (exact) mass is 282 g/mol. The van der Waals surface area contributed by atoms with Crippen molar-refractivity contribution in [3.05, 3.63) is 35.3 Å². The summed E-state index contributed by atoms with van der Waals surface area (Å²) in [6.07, 6.45) is 4.15. The first-order valence-corrected chi connectivity index (χ1v) is 7.13. The minimum Gasteiger partial charge on any atom is -0.347 e. The number of nitrogens with zero attached hydrogens (tertiary/aromatic N) is 3. The first kappa shape index (κ1) is 13.6. The van der Waals surface area contributed by atoms with E-state index < -0.39 is 0 Å². The maximum absolute atomic E-state index is 12.5. The van der Waals surface area contributed by atoms with E-state index in [-0.39, 0.29) is 11.4 Å². The highest BCUT2D eigenvalue weighted by atomic mass is 16.1. The molecule has 0 unspecified atom stereocenters. The Bertz CT molecular complexity index is 762. The largest absolute Gasteiger partial charge is 0.347 e. The average molecular weight is 282 g/mol. The summed E-state index contributed by atoms with van der Waals surface area (Å²) in [5, 5.41) is 12.1. The van der Waals surface area contributed by atoms with Crippen LogP contribution in [0.5, 0.6) is 0 Å². The van der Waals surface area contributed by atoms with Gasteiger partial charge in [-0.15, -0.1) is 0 Å². The van der Waals surface area contributed by atoms with Crippen LogP contribution in [0.25, 0.3) is 5.65 Å². The average Bonchev–Trinajstić information content (AvgIpc) is 3.19. The van der Waals surface area contributed by atoms with Gasteiger partial charge >= 0.3 is 0 Å². The zero-order chi connectivity index (χ0) is 15.2. The summed E-state index contributed by atoms with van der Waals surface area (Å²) < 4.78 is 1.83. The van der Waals surface area contributed by atoms with E-state index in [9.17, 15) is 4.79 Å². The SMILES string of the molecule is Cc1cc(C#N)nc2c(C(=O)NC(C)(C)C3CC3)ccn12. The smallest absolute Gasteiger partial charge is 0.255 e. The van der Waals surface area contributed by atoms with Gasteiger partial charge in [-0.1, -0.05) is 0 Å². The molecule has 1 aliphatic rings. The van der Waals surface area contributed by atoms with Gasteiger partial charge < -0.3 is 9.72 Å². The molecular weight excluding hydrogens is 264 g/mol. The van der Waals surface area contributed by atoms with Crippen LogP contribution in [0.1, 0.15) is 48.4 Å². The number of rotatable bonds is 3. The van der Waals surface area contributed by atoms with Crippen molar-refractivity contribution in [3.8, 4) is 6.07 Å². The van der Waals surface area contributed by atoms with Crippen LogP contribution in [0, 0.1) is 24.2 Å². The molecule has 5 nitrogen and oxygen atoms in total. The third kappa shape index (κ3) is 2.38. The predicted molar refractivity (Wildman–Crippen MR) is 78.9 cm³/mol. The Morgan fingerprint density at radius 1 is 1.52 bits per heavy atom. The molecule has 5 heteroatoms. The van der Waals surface area contributed by atoms with Crippen LogP contribution >= 0.6 is 0 Å². The Balaban J connectivity index is 1.98. The summed E-state index contributed by atoms with van der Waals surface area (Å²) in [6, 6.07) is 5.51. The third-order valence-corrected chi connectivity index (χ3v) is 4.20. The predicted octanol–water partition coefficient (Wildman–Crippen LogP) is 2.43. The number of nitrogens with one attached hydrogen (secondary N) is 1. The molecule has 0 radical (unpaired) electrons. The van der Waals surface area contributed by atoms with Gasteiger partial charge in [-0.25, -0.2) is 4.98 Å². The Hall–Kier alpha value is -2.35. The summed E-state index contributed by atoms with van der Waals surface area (Å²) in [5.74, 6) is 0.427. The molecule has 108 valence electrons. The molecular formula is C16H18N4O. The van der Waals surface area contributed by atoms with Crippen molar-refractivity contribution in [2.45, 2.75) is 39.2 Å². The Kier molecular flexibility index (Phi) is 2.98. The second kappa shape index (κ2) is 4.59. The van der Waals surface area contributed by atoms with E-state index in [2.05, 4.69) is 24.1 Å². The summed E-state index contributed by atoms with van der Waals surface area (Å²) in [4.78, 5) is 16.8. The standard InChI is InChI=1S/C16H18N4O/c1-10-8-12(9-17)18-14-13(6-7-20(10)14)15(21)19-16(2,3)11-4-5-11/h6-8,11H,4-5H2,1-3H3,(H,19,21). The van der Waals surface area contributed by atoms with Gasteiger partial charge in [0.1, 0.15) is 11.8 Å². The summed E-state index contributed by atoms with van der Waals surface area (Å²) in [7, 11) is 0. The van der Waals surface area contributed by atoms with Crippen molar-refractivity contribution < 1.29 is 4.79 Å². The molecule has 0 atom stereocenters.